The summed E-state index contributed by atoms with van der Waals surface area (Å²) >= 11 is 0. The maximum absolute atomic E-state index is 6.23. The Balaban J connectivity index is 1.78. The number of benzene rings is 3. The molecule has 4 rings (SSSR count). The van der Waals surface area contributed by atoms with E-state index in [2.05, 4.69) is 60.7 Å². The van der Waals surface area contributed by atoms with Gasteiger partial charge in [-0.05, 0) is 17.7 Å². The Morgan fingerprint density at radius 1 is 0.500 bits per heavy atom. The van der Waals surface area contributed by atoms with Gasteiger partial charge in [-0.2, -0.15) is 0 Å². The normalized spacial score (nSPS) is 14.5. The van der Waals surface area contributed by atoms with Crippen molar-refractivity contribution in [2.24, 2.45) is 0 Å². The second kappa shape index (κ2) is 6.59. The van der Waals surface area contributed by atoms with E-state index >= 15 is 0 Å². The second-order valence-electron chi connectivity index (χ2n) is 5.83. The topological polar surface area (TPSA) is 9.23 Å². The van der Waals surface area contributed by atoms with Crippen LogP contribution in [0.5, 0.6) is 0 Å². The standard InChI is InChI=1S/C23H18O/c1-4-10-18(11-5-1)21-16-22(19-12-6-2-7-13-19)24-23(17-21)20-14-8-3-9-15-20/h1-17,21H. The Labute approximate surface area is 142 Å². The van der Waals surface area contributed by atoms with Crippen molar-refractivity contribution in [3.63, 3.8) is 0 Å². The first-order valence-electron chi connectivity index (χ1n) is 8.17. The smallest absolute Gasteiger partial charge is 0.131 e. The molecule has 0 saturated heterocycles. The van der Waals surface area contributed by atoms with Crippen molar-refractivity contribution in [1.82, 2.24) is 0 Å². The molecular formula is C23H18O. The predicted molar refractivity (Wildman–Crippen MR) is 99.1 cm³/mol. The lowest BCUT2D eigenvalue weighted by Gasteiger charge is -2.22. The summed E-state index contributed by atoms with van der Waals surface area (Å²) in [5.74, 6) is 2.02. The number of hydrogen-bond donors (Lipinski definition) is 0. The SMILES string of the molecule is C1=C(c2ccccc2)OC(c2ccccc2)=CC1c1ccccc1. The van der Waals surface area contributed by atoms with Gasteiger partial charge in [-0.25, -0.2) is 0 Å². The molecule has 0 N–H and O–H groups in total. The largest absolute Gasteiger partial charge is 0.457 e. The van der Waals surface area contributed by atoms with Crippen LogP contribution in [0, 0.1) is 0 Å². The van der Waals surface area contributed by atoms with Crippen molar-refractivity contribution in [1.29, 1.82) is 0 Å². The number of hydrogen-bond acceptors (Lipinski definition) is 1. The summed E-state index contributed by atoms with van der Waals surface area (Å²) < 4.78 is 6.23. The van der Waals surface area contributed by atoms with Crippen molar-refractivity contribution in [2.75, 3.05) is 0 Å². The van der Waals surface area contributed by atoms with Crippen molar-refractivity contribution < 1.29 is 4.74 Å². The molecule has 0 aromatic heterocycles. The van der Waals surface area contributed by atoms with Crippen molar-refractivity contribution in [3.05, 3.63) is 120 Å². The Kier molecular flexibility index (Phi) is 3.99. The highest BCUT2D eigenvalue weighted by molar-refractivity contribution is 5.74. The fourth-order valence-corrected chi connectivity index (χ4v) is 2.94. The van der Waals surface area contributed by atoms with E-state index in [4.69, 9.17) is 4.74 Å². The van der Waals surface area contributed by atoms with E-state index in [1.54, 1.807) is 0 Å². The molecule has 3 aromatic rings. The lowest BCUT2D eigenvalue weighted by molar-refractivity contribution is 0.459. The highest BCUT2D eigenvalue weighted by atomic mass is 16.5. The summed E-state index contributed by atoms with van der Waals surface area (Å²) in [5, 5.41) is 0. The molecule has 0 saturated carbocycles. The molecule has 0 fully saturated rings. The summed E-state index contributed by atoms with van der Waals surface area (Å²) in [6.07, 6.45) is 4.38. The van der Waals surface area contributed by atoms with Crippen molar-refractivity contribution in [3.8, 4) is 0 Å². The summed E-state index contributed by atoms with van der Waals surface area (Å²) in [6, 6.07) is 31.1. The minimum Gasteiger partial charge on any atom is -0.457 e. The first-order chi connectivity index (χ1) is 11.9. The molecule has 0 unspecified atom stereocenters. The number of allylic oxidation sites excluding steroid dienone is 2. The highest BCUT2D eigenvalue weighted by Gasteiger charge is 2.19. The van der Waals surface area contributed by atoms with Crippen LogP contribution in [0.3, 0.4) is 0 Å². The van der Waals surface area contributed by atoms with Crippen molar-refractivity contribution >= 4 is 11.5 Å². The maximum Gasteiger partial charge on any atom is 0.131 e. The molecule has 3 aromatic carbocycles. The third-order valence-electron chi connectivity index (χ3n) is 4.18. The van der Waals surface area contributed by atoms with Gasteiger partial charge in [0, 0.05) is 17.0 Å². The third-order valence-corrected chi connectivity index (χ3v) is 4.18. The van der Waals surface area contributed by atoms with Crippen LogP contribution in [0.4, 0.5) is 0 Å². The second-order valence-corrected chi connectivity index (χ2v) is 5.83. The minimum absolute atomic E-state index is 0.199. The van der Waals surface area contributed by atoms with E-state index in [1.165, 1.54) is 5.56 Å². The molecule has 1 aliphatic heterocycles. The van der Waals surface area contributed by atoms with Gasteiger partial charge in [0.1, 0.15) is 11.5 Å². The van der Waals surface area contributed by atoms with Crippen LogP contribution < -0.4 is 0 Å². The van der Waals surface area contributed by atoms with E-state index in [0.717, 1.165) is 22.6 Å². The predicted octanol–water partition coefficient (Wildman–Crippen LogP) is 5.88. The molecule has 0 atom stereocenters. The van der Waals surface area contributed by atoms with E-state index in [-0.39, 0.29) is 5.92 Å². The maximum atomic E-state index is 6.23. The molecular weight excluding hydrogens is 292 g/mol. The van der Waals surface area contributed by atoms with Crippen LogP contribution in [0.25, 0.3) is 11.5 Å². The summed E-state index contributed by atoms with van der Waals surface area (Å²) in [5.41, 5.74) is 3.46. The van der Waals surface area contributed by atoms with Gasteiger partial charge in [0.15, 0.2) is 0 Å². The van der Waals surface area contributed by atoms with Crippen LogP contribution in [0.1, 0.15) is 22.6 Å². The summed E-state index contributed by atoms with van der Waals surface area (Å²) in [6.45, 7) is 0. The fourth-order valence-electron chi connectivity index (χ4n) is 2.94. The average Bonchev–Trinajstić information content (AvgIpc) is 2.70. The number of ether oxygens (including phenoxy) is 1. The molecule has 1 aliphatic rings. The zero-order valence-corrected chi connectivity index (χ0v) is 13.3. The van der Waals surface area contributed by atoms with Gasteiger partial charge in [-0.1, -0.05) is 91.0 Å². The monoisotopic (exact) mass is 310 g/mol. The molecule has 0 radical (unpaired) electrons. The molecule has 0 spiro atoms. The molecule has 116 valence electrons. The third kappa shape index (κ3) is 3.02. The van der Waals surface area contributed by atoms with E-state index in [1.807, 2.05) is 42.5 Å². The van der Waals surface area contributed by atoms with Gasteiger partial charge in [0.05, 0.1) is 0 Å². The summed E-state index contributed by atoms with van der Waals surface area (Å²) in [4.78, 5) is 0. The van der Waals surface area contributed by atoms with Crippen LogP contribution in [-0.2, 0) is 4.74 Å². The lowest BCUT2D eigenvalue weighted by Crippen LogP contribution is -2.04. The van der Waals surface area contributed by atoms with Crippen LogP contribution >= 0.6 is 0 Å². The Morgan fingerprint density at radius 3 is 1.38 bits per heavy atom. The van der Waals surface area contributed by atoms with Crippen LogP contribution in [0.2, 0.25) is 0 Å². The lowest BCUT2D eigenvalue weighted by atomic mass is 9.93. The van der Waals surface area contributed by atoms with Gasteiger partial charge in [0.25, 0.3) is 0 Å². The molecule has 0 bridgehead atoms. The van der Waals surface area contributed by atoms with Gasteiger partial charge >= 0.3 is 0 Å². The van der Waals surface area contributed by atoms with Crippen LogP contribution in [0.15, 0.2) is 103 Å². The first kappa shape index (κ1) is 14.5. The molecule has 0 amide bonds. The zero-order chi connectivity index (χ0) is 16.2. The van der Waals surface area contributed by atoms with Gasteiger partial charge in [-0.15, -0.1) is 0 Å². The van der Waals surface area contributed by atoms with Gasteiger partial charge < -0.3 is 4.74 Å². The summed E-state index contributed by atoms with van der Waals surface area (Å²) in [7, 11) is 0. The Morgan fingerprint density at radius 2 is 0.917 bits per heavy atom. The van der Waals surface area contributed by atoms with E-state index < -0.39 is 0 Å². The fraction of sp³-hybridized carbons (Fsp3) is 0.0435. The Bertz CT molecular complexity index is 806. The van der Waals surface area contributed by atoms with E-state index in [0.29, 0.717) is 0 Å². The first-order valence-corrected chi connectivity index (χ1v) is 8.17. The van der Waals surface area contributed by atoms with E-state index in [9.17, 15) is 0 Å². The van der Waals surface area contributed by atoms with Crippen molar-refractivity contribution in [2.45, 2.75) is 5.92 Å². The van der Waals surface area contributed by atoms with Crippen LogP contribution in [-0.4, -0.2) is 0 Å². The van der Waals surface area contributed by atoms with Gasteiger partial charge in [-0.3, -0.25) is 0 Å². The molecule has 1 heteroatoms. The average molecular weight is 310 g/mol. The Hall–Kier alpha value is -3.06. The quantitative estimate of drug-likeness (QED) is 0.586. The molecule has 0 aliphatic carbocycles. The molecule has 1 heterocycles. The molecule has 24 heavy (non-hydrogen) atoms. The zero-order valence-electron chi connectivity index (χ0n) is 13.3. The number of rotatable bonds is 3. The minimum atomic E-state index is 0.199. The highest BCUT2D eigenvalue weighted by Crippen LogP contribution is 2.36. The van der Waals surface area contributed by atoms with Gasteiger partial charge in [0.2, 0.25) is 0 Å². The molecule has 1 nitrogen and oxygen atoms in total.